The quantitative estimate of drug-likeness (QED) is 0.591. The number of halogens is 3. The Kier molecular flexibility index (Phi) is 5.96. The fraction of sp³-hybridized carbons (Fsp3) is 0.200. The Morgan fingerprint density at radius 3 is 2.68 bits per heavy atom. The number of anilines is 1. The number of nitrogens with zero attached hydrogens (tertiary/aromatic N) is 2. The molecule has 3 aromatic rings. The van der Waals surface area contributed by atoms with Crippen molar-refractivity contribution in [3.8, 4) is 22.9 Å². The fourth-order valence-electron chi connectivity index (χ4n) is 2.91. The van der Waals surface area contributed by atoms with Gasteiger partial charge in [0.1, 0.15) is 23.5 Å². The van der Waals surface area contributed by atoms with Gasteiger partial charge >= 0.3 is 6.61 Å². The second-order valence-corrected chi connectivity index (χ2v) is 5.90. The molecule has 8 heteroatoms. The molecule has 0 radical (unpaired) electrons. The smallest absolute Gasteiger partial charge is 0.387 e. The molecule has 2 aromatic carbocycles. The van der Waals surface area contributed by atoms with Crippen LogP contribution < -0.4 is 10.1 Å². The zero-order valence-electron chi connectivity index (χ0n) is 14.6. The van der Waals surface area contributed by atoms with Crippen LogP contribution in [0.4, 0.5) is 19.0 Å². The molecule has 0 spiro atoms. The number of rotatable bonds is 7. The molecule has 0 aliphatic rings. The van der Waals surface area contributed by atoms with Crippen molar-refractivity contribution in [1.29, 1.82) is 5.26 Å². The van der Waals surface area contributed by atoms with E-state index in [0.29, 0.717) is 40.7 Å². The van der Waals surface area contributed by atoms with Gasteiger partial charge in [-0.1, -0.05) is 12.1 Å². The molecular formula is C20H16F3N3O2. The van der Waals surface area contributed by atoms with E-state index in [1.165, 1.54) is 30.3 Å². The SMILES string of the molecule is N#Cc1nc(NCCCO)c2ccc(OC(F)F)cc2c1-c1cccc(F)c1. The van der Waals surface area contributed by atoms with Crippen LogP contribution in [0, 0.1) is 17.1 Å². The summed E-state index contributed by atoms with van der Waals surface area (Å²) < 4.78 is 43.6. The number of aliphatic hydroxyl groups excluding tert-OH is 1. The van der Waals surface area contributed by atoms with Crippen molar-refractivity contribution >= 4 is 16.6 Å². The summed E-state index contributed by atoms with van der Waals surface area (Å²) in [5.41, 5.74) is 0.730. The first-order chi connectivity index (χ1) is 13.5. The number of aliphatic hydroxyl groups is 1. The number of nitrogens with one attached hydrogen (secondary N) is 1. The maximum atomic E-state index is 13.8. The van der Waals surface area contributed by atoms with Crippen molar-refractivity contribution < 1.29 is 23.0 Å². The zero-order chi connectivity index (χ0) is 20.1. The third kappa shape index (κ3) is 4.15. The highest BCUT2D eigenvalue weighted by Crippen LogP contribution is 2.37. The van der Waals surface area contributed by atoms with E-state index in [4.69, 9.17) is 5.11 Å². The number of aromatic nitrogens is 1. The lowest BCUT2D eigenvalue weighted by Gasteiger charge is -2.15. The average Bonchev–Trinajstić information content (AvgIpc) is 2.67. The van der Waals surface area contributed by atoms with Gasteiger partial charge in [-0.05, 0) is 47.7 Å². The van der Waals surface area contributed by atoms with Crippen molar-refractivity contribution in [2.24, 2.45) is 0 Å². The second-order valence-electron chi connectivity index (χ2n) is 5.90. The Morgan fingerprint density at radius 2 is 2.00 bits per heavy atom. The van der Waals surface area contributed by atoms with Gasteiger partial charge in [0, 0.05) is 24.1 Å². The molecule has 0 unspecified atom stereocenters. The van der Waals surface area contributed by atoms with Crippen LogP contribution >= 0.6 is 0 Å². The van der Waals surface area contributed by atoms with E-state index in [2.05, 4.69) is 15.0 Å². The summed E-state index contributed by atoms with van der Waals surface area (Å²) in [7, 11) is 0. The molecule has 0 aliphatic heterocycles. The molecule has 0 fully saturated rings. The van der Waals surface area contributed by atoms with Crippen LogP contribution in [0.5, 0.6) is 5.75 Å². The van der Waals surface area contributed by atoms with E-state index in [-0.39, 0.29) is 18.1 Å². The first-order valence-electron chi connectivity index (χ1n) is 8.47. The lowest BCUT2D eigenvalue weighted by molar-refractivity contribution is -0.0497. The summed E-state index contributed by atoms with van der Waals surface area (Å²) in [6.45, 7) is -2.63. The third-order valence-corrected chi connectivity index (χ3v) is 4.05. The molecule has 0 amide bonds. The van der Waals surface area contributed by atoms with Gasteiger partial charge < -0.3 is 15.2 Å². The van der Waals surface area contributed by atoms with Gasteiger partial charge in [-0.2, -0.15) is 14.0 Å². The lowest BCUT2D eigenvalue weighted by atomic mass is 9.96. The van der Waals surface area contributed by atoms with Crippen molar-refractivity contribution in [3.63, 3.8) is 0 Å². The van der Waals surface area contributed by atoms with Crippen molar-refractivity contribution in [3.05, 3.63) is 54.0 Å². The highest BCUT2D eigenvalue weighted by Gasteiger charge is 2.17. The summed E-state index contributed by atoms with van der Waals surface area (Å²) in [5.74, 6) is -0.222. The molecule has 3 rings (SSSR count). The van der Waals surface area contributed by atoms with Gasteiger partial charge in [-0.25, -0.2) is 9.37 Å². The number of pyridine rings is 1. The largest absolute Gasteiger partial charge is 0.435 e. The van der Waals surface area contributed by atoms with Gasteiger partial charge in [0.05, 0.1) is 0 Å². The molecule has 5 nitrogen and oxygen atoms in total. The summed E-state index contributed by atoms with van der Waals surface area (Å²) in [6.07, 6.45) is 0.462. The molecule has 28 heavy (non-hydrogen) atoms. The number of ether oxygens (including phenoxy) is 1. The number of alkyl halides is 2. The zero-order valence-corrected chi connectivity index (χ0v) is 14.6. The standard InChI is InChI=1S/C20H16F3N3O2/c21-13-4-1-3-12(9-13)18-16-10-14(28-20(22)23)5-6-15(16)19(25-7-2-8-27)26-17(18)11-24/h1,3-6,9-10,20,27H,2,7-8H2,(H,25,26). The maximum Gasteiger partial charge on any atom is 0.387 e. The third-order valence-electron chi connectivity index (χ3n) is 4.05. The highest BCUT2D eigenvalue weighted by atomic mass is 19.3. The van der Waals surface area contributed by atoms with Crippen LogP contribution in [0.1, 0.15) is 12.1 Å². The number of benzene rings is 2. The van der Waals surface area contributed by atoms with Crippen molar-refractivity contribution in [2.45, 2.75) is 13.0 Å². The molecule has 0 atom stereocenters. The van der Waals surface area contributed by atoms with Gasteiger partial charge in [0.15, 0.2) is 5.69 Å². The first-order valence-corrected chi connectivity index (χ1v) is 8.47. The van der Waals surface area contributed by atoms with E-state index in [0.717, 1.165) is 0 Å². The van der Waals surface area contributed by atoms with E-state index in [9.17, 15) is 18.4 Å². The Morgan fingerprint density at radius 1 is 1.18 bits per heavy atom. The molecule has 0 saturated carbocycles. The van der Waals surface area contributed by atoms with E-state index < -0.39 is 12.4 Å². The number of hydrogen-bond donors (Lipinski definition) is 2. The molecule has 1 aromatic heterocycles. The van der Waals surface area contributed by atoms with Gasteiger partial charge in [-0.3, -0.25) is 0 Å². The van der Waals surface area contributed by atoms with E-state index in [1.54, 1.807) is 12.1 Å². The van der Waals surface area contributed by atoms with Gasteiger partial charge in [0.2, 0.25) is 0 Å². The Labute approximate surface area is 159 Å². The minimum absolute atomic E-state index is 0.0128. The Hall–Kier alpha value is -3.31. The summed E-state index contributed by atoms with van der Waals surface area (Å²) in [5, 5.41) is 22.6. The Bertz CT molecular complexity index is 1040. The summed E-state index contributed by atoms with van der Waals surface area (Å²) in [4.78, 5) is 4.32. The first kappa shape index (κ1) is 19.5. The van der Waals surface area contributed by atoms with Crippen LogP contribution in [-0.2, 0) is 0 Å². The minimum atomic E-state index is -3.01. The predicted molar refractivity (Wildman–Crippen MR) is 98.7 cm³/mol. The molecule has 0 saturated heterocycles. The average molecular weight is 387 g/mol. The van der Waals surface area contributed by atoms with Crippen LogP contribution in [0.25, 0.3) is 21.9 Å². The number of hydrogen-bond acceptors (Lipinski definition) is 5. The summed E-state index contributed by atoms with van der Waals surface area (Å²) in [6, 6.07) is 11.9. The molecule has 144 valence electrons. The normalized spacial score (nSPS) is 10.9. The molecule has 0 aliphatic carbocycles. The van der Waals surface area contributed by atoms with Crippen LogP contribution in [-0.4, -0.2) is 29.9 Å². The van der Waals surface area contributed by atoms with E-state index >= 15 is 0 Å². The van der Waals surface area contributed by atoms with Gasteiger partial charge in [0.25, 0.3) is 0 Å². The Balaban J connectivity index is 2.26. The predicted octanol–water partition coefficient (Wildman–Crippen LogP) is 4.31. The van der Waals surface area contributed by atoms with Crippen LogP contribution in [0.15, 0.2) is 42.5 Å². The monoisotopic (exact) mass is 387 g/mol. The highest BCUT2D eigenvalue weighted by molar-refractivity contribution is 6.04. The van der Waals surface area contributed by atoms with E-state index in [1.807, 2.05) is 6.07 Å². The van der Waals surface area contributed by atoms with Crippen LogP contribution in [0.2, 0.25) is 0 Å². The maximum absolute atomic E-state index is 13.8. The number of nitriles is 1. The minimum Gasteiger partial charge on any atom is -0.435 e. The molecular weight excluding hydrogens is 371 g/mol. The van der Waals surface area contributed by atoms with Gasteiger partial charge in [-0.15, -0.1) is 0 Å². The van der Waals surface area contributed by atoms with Crippen LogP contribution in [0.3, 0.4) is 0 Å². The number of fused-ring (bicyclic) bond motifs is 1. The molecule has 0 bridgehead atoms. The molecule has 2 N–H and O–H groups in total. The second kappa shape index (κ2) is 8.59. The fourth-order valence-corrected chi connectivity index (χ4v) is 2.91. The lowest BCUT2D eigenvalue weighted by Crippen LogP contribution is -2.08. The summed E-state index contributed by atoms with van der Waals surface area (Å²) >= 11 is 0. The molecule has 1 heterocycles. The van der Waals surface area contributed by atoms with Crippen molar-refractivity contribution in [1.82, 2.24) is 4.98 Å². The topological polar surface area (TPSA) is 78.2 Å². The van der Waals surface area contributed by atoms with Crippen molar-refractivity contribution in [2.75, 3.05) is 18.5 Å².